The first kappa shape index (κ1) is 42.3. The van der Waals surface area contributed by atoms with Crippen molar-refractivity contribution < 1.29 is 18.3 Å². The van der Waals surface area contributed by atoms with Crippen LogP contribution >= 0.6 is 0 Å². The molecule has 0 N–H and O–H groups in total. The minimum atomic E-state index is -5.29. The number of allylic oxidation sites excluding steroid dienone is 4. The van der Waals surface area contributed by atoms with Gasteiger partial charge in [0.1, 0.15) is 0 Å². The van der Waals surface area contributed by atoms with E-state index in [1.807, 2.05) is 0 Å². The third-order valence-electron chi connectivity index (χ3n) is 13.9. The van der Waals surface area contributed by atoms with Gasteiger partial charge < -0.3 is 0 Å². The van der Waals surface area contributed by atoms with Gasteiger partial charge in [-0.15, -0.1) is 0 Å². The zero-order chi connectivity index (χ0) is 43.1. The Bertz CT molecular complexity index is 2660. The molecule has 0 unspecified atom stereocenters. The Morgan fingerprint density at radius 2 is 0.967 bits per heavy atom. The Morgan fingerprint density at radius 3 is 1.42 bits per heavy atom. The van der Waals surface area contributed by atoms with Gasteiger partial charge in [-0.1, -0.05) is 0 Å². The molecule has 0 radical (unpaired) electrons. The number of benzene rings is 6. The van der Waals surface area contributed by atoms with E-state index in [2.05, 4.69) is 229 Å². The second-order valence-electron chi connectivity index (χ2n) is 22.1. The molecule has 0 fully saturated rings. The summed E-state index contributed by atoms with van der Waals surface area (Å²) in [5.74, 6) is 0. The van der Waals surface area contributed by atoms with Crippen molar-refractivity contribution in [1.82, 2.24) is 0 Å². The summed E-state index contributed by atoms with van der Waals surface area (Å²) in [5.41, 5.74) is 16.3. The van der Waals surface area contributed by atoms with Crippen LogP contribution in [0.1, 0.15) is 123 Å². The number of hydrogen-bond donors (Lipinski definition) is 0. The normalized spacial score (nSPS) is 14.6. The van der Waals surface area contributed by atoms with Gasteiger partial charge in [0.2, 0.25) is 0 Å². The van der Waals surface area contributed by atoms with Gasteiger partial charge in [-0.25, -0.2) is 0 Å². The standard InChI is InChI=1S/C33H33.2C10H13.C5H5.CH2.Zr/c1-32(2,3)30-20-26-24(18-28(30)22-13-9-7-10-14-22)17-25-19-29(23-15-11-8-12-16-23)31(21-27(25)26)33(4,5)6;2*1-10(2,3)9-7-5-4-6-8-9;1-2-4-5-3-1;;/h7-16,18,20-21H,17H2,1-6H3;2*5-8H,1-3H3;1-3H,4H2;1H2;. The Labute approximate surface area is 363 Å². The van der Waals surface area contributed by atoms with E-state index in [4.69, 9.17) is 4.21 Å². The van der Waals surface area contributed by atoms with E-state index in [0.717, 1.165) is 12.8 Å². The summed E-state index contributed by atoms with van der Waals surface area (Å²) >= 11 is -5.29. The van der Waals surface area contributed by atoms with Crippen molar-refractivity contribution in [3.63, 3.8) is 0 Å². The van der Waals surface area contributed by atoms with E-state index in [1.165, 1.54) is 79.9 Å². The second kappa shape index (κ2) is 14.6. The predicted molar refractivity (Wildman–Crippen MR) is 261 cm³/mol. The van der Waals surface area contributed by atoms with Crippen LogP contribution in [0.2, 0.25) is 0 Å². The molecule has 8 rings (SSSR count). The zero-order valence-corrected chi connectivity index (χ0v) is 40.9. The molecule has 0 aromatic heterocycles. The van der Waals surface area contributed by atoms with Crippen LogP contribution in [0.3, 0.4) is 0 Å². The van der Waals surface area contributed by atoms with E-state index in [-0.39, 0.29) is 21.7 Å². The van der Waals surface area contributed by atoms with Crippen molar-refractivity contribution >= 4 is 14.0 Å². The molecule has 0 saturated carbocycles. The summed E-state index contributed by atoms with van der Waals surface area (Å²) in [5, 5.41) is 0. The number of hydrogen-bond acceptors (Lipinski definition) is 0. The van der Waals surface area contributed by atoms with E-state index < -0.39 is 18.3 Å². The summed E-state index contributed by atoms with van der Waals surface area (Å²) in [6.45, 7) is 28.3. The third-order valence-corrected chi connectivity index (χ3v) is 30.3. The summed E-state index contributed by atoms with van der Waals surface area (Å²) in [6, 6.07) is 49.9. The Hall–Kier alpha value is -4.45. The molecular formula is C59H66Zr. The Balaban J connectivity index is 1.61. The third kappa shape index (κ3) is 6.89. The van der Waals surface area contributed by atoms with Gasteiger partial charge >= 0.3 is 366 Å². The predicted octanol–water partition coefficient (Wildman–Crippen LogP) is 14.0. The Kier molecular flexibility index (Phi) is 10.3. The topological polar surface area (TPSA) is 0 Å². The van der Waals surface area contributed by atoms with Crippen molar-refractivity contribution in [3.05, 3.63) is 182 Å². The fourth-order valence-corrected chi connectivity index (χ4v) is 26.5. The molecule has 6 aromatic rings. The Morgan fingerprint density at radius 1 is 0.483 bits per heavy atom. The molecule has 0 nitrogen and oxygen atoms in total. The molecule has 1 heteroatoms. The van der Waals surface area contributed by atoms with Crippen molar-refractivity contribution in [1.29, 1.82) is 0 Å². The van der Waals surface area contributed by atoms with Gasteiger partial charge in [0.15, 0.2) is 0 Å². The molecule has 2 aliphatic rings. The fraction of sp³-hybridized carbons (Fsp3) is 0.305. The molecular weight excluding hydrogens is 800 g/mol. The van der Waals surface area contributed by atoms with Crippen molar-refractivity contribution in [2.75, 3.05) is 0 Å². The van der Waals surface area contributed by atoms with Gasteiger partial charge in [-0.3, -0.25) is 0 Å². The molecule has 0 atom stereocenters. The molecule has 0 heterocycles. The van der Waals surface area contributed by atoms with Crippen molar-refractivity contribution in [2.24, 2.45) is 0 Å². The van der Waals surface area contributed by atoms with Crippen LogP contribution < -0.4 is 9.81 Å². The first-order chi connectivity index (χ1) is 28.1. The summed E-state index contributed by atoms with van der Waals surface area (Å²) in [6.07, 6.45) is 8.94. The van der Waals surface area contributed by atoms with Crippen LogP contribution in [0.4, 0.5) is 0 Å². The number of fused-ring (bicyclic) bond motifs is 3. The summed E-state index contributed by atoms with van der Waals surface area (Å²) in [4.78, 5) is 0. The molecule has 0 bridgehead atoms. The van der Waals surface area contributed by atoms with Crippen LogP contribution in [0, 0.1) is 0 Å². The average molecular weight is 866 g/mol. The molecule has 0 aliphatic heterocycles. The SMILES string of the molecule is [CH2]=[Zr]([C]1=CC=CC1)([c]1ccc(C(C)(C)C)cc1)([c]1ccc(C(C)(C)C)cc1)[c]1c2c(cc(C(C)(C)C)c1-c1ccccc1)-c1cc(C(C)(C)C)c(-c3ccccc3)cc1C2. The van der Waals surface area contributed by atoms with E-state index >= 15 is 0 Å². The van der Waals surface area contributed by atoms with E-state index in [0.29, 0.717) is 0 Å². The number of rotatable bonds is 6. The first-order valence-electron chi connectivity index (χ1n) is 22.2. The molecule has 0 amide bonds. The molecule has 0 saturated heterocycles. The quantitative estimate of drug-likeness (QED) is 0.156. The van der Waals surface area contributed by atoms with Gasteiger partial charge in [-0.2, -0.15) is 0 Å². The van der Waals surface area contributed by atoms with Gasteiger partial charge in [0.05, 0.1) is 0 Å². The van der Waals surface area contributed by atoms with Crippen molar-refractivity contribution in [2.45, 2.75) is 118 Å². The maximum atomic E-state index is 6.05. The molecule has 60 heavy (non-hydrogen) atoms. The van der Waals surface area contributed by atoms with Crippen LogP contribution in [-0.2, 0) is 46.4 Å². The van der Waals surface area contributed by atoms with Crippen LogP contribution in [0.5, 0.6) is 0 Å². The van der Waals surface area contributed by atoms with Gasteiger partial charge in [-0.05, 0) is 0 Å². The molecule has 6 aromatic carbocycles. The summed E-state index contributed by atoms with van der Waals surface area (Å²) < 4.78 is 11.9. The maximum absolute atomic E-state index is 6.05. The van der Waals surface area contributed by atoms with Gasteiger partial charge in [0.25, 0.3) is 0 Å². The first-order valence-corrected chi connectivity index (χ1v) is 28.9. The fourth-order valence-electron chi connectivity index (χ4n) is 10.5. The summed E-state index contributed by atoms with van der Waals surface area (Å²) in [7, 11) is 0. The van der Waals surface area contributed by atoms with E-state index in [1.54, 1.807) is 0 Å². The minimum absolute atomic E-state index is 0.0268. The van der Waals surface area contributed by atoms with Crippen molar-refractivity contribution in [3.8, 4) is 33.4 Å². The van der Waals surface area contributed by atoms with Crippen LogP contribution in [0.25, 0.3) is 33.4 Å². The van der Waals surface area contributed by atoms with Crippen LogP contribution in [0.15, 0.2) is 149 Å². The van der Waals surface area contributed by atoms with Gasteiger partial charge in [0, 0.05) is 0 Å². The van der Waals surface area contributed by atoms with E-state index in [9.17, 15) is 0 Å². The monoisotopic (exact) mass is 864 g/mol. The average Bonchev–Trinajstić information content (AvgIpc) is 3.88. The van der Waals surface area contributed by atoms with Crippen LogP contribution in [-0.4, -0.2) is 4.21 Å². The molecule has 0 spiro atoms. The second-order valence-corrected chi connectivity index (χ2v) is 34.9. The zero-order valence-electron chi connectivity index (χ0n) is 38.5. The molecule has 306 valence electrons. The molecule has 2 aliphatic carbocycles.